The van der Waals surface area contributed by atoms with Gasteiger partial charge in [-0.05, 0) is 44.5 Å². The molecule has 1 aromatic heterocycles. The van der Waals surface area contributed by atoms with E-state index in [1.165, 1.54) is 0 Å². The molecule has 2 N–H and O–H groups in total. The van der Waals surface area contributed by atoms with Crippen molar-refractivity contribution in [3.05, 3.63) is 34.6 Å². The molecule has 1 heterocycles. The first-order chi connectivity index (χ1) is 9.47. The molecule has 5 nitrogen and oxygen atoms in total. The van der Waals surface area contributed by atoms with Crippen LogP contribution in [0.5, 0.6) is 0 Å². The third-order valence-corrected chi connectivity index (χ3v) is 3.21. The van der Waals surface area contributed by atoms with E-state index in [0.717, 1.165) is 11.1 Å². The lowest BCUT2D eigenvalue weighted by Gasteiger charge is -2.10. The average Bonchev–Trinajstić information content (AvgIpc) is 2.89. The Morgan fingerprint density at radius 2 is 2.15 bits per heavy atom. The molecule has 2 aromatic rings. The molecule has 0 radical (unpaired) electrons. The molecular formula is C14H18ClN3O2. The van der Waals surface area contributed by atoms with Gasteiger partial charge in [-0.1, -0.05) is 16.8 Å². The number of hydrogen-bond donors (Lipinski definition) is 1. The summed E-state index contributed by atoms with van der Waals surface area (Å²) in [5, 5.41) is 4.60. The van der Waals surface area contributed by atoms with Crippen LogP contribution >= 0.6 is 11.6 Å². The van der Waals surface area contributed by atoms with Crippen LogP contribution in [0, 0.1) is 6.92 Å². The van der Waals surface area contributed by atoms with Crippen LogP contribution in [0.25, 0.3) is 11.5 Å². The summed E-state index contributed by atoms with van der Waals surface area (Å²) in [5.41, 5.74) is 7.73. The molecule has 0 aliphatic heterocycles. The summed E-state index contributed by atoms with van der Waals surface area (Å²) in [6.45, 7) is 6.18. The van der Waals surface area contributed by atoms with Crippen LogP contribution < -0.4 is 5.73 Å². The zero-order chi connectivity index (χ0) is 14.7. The quantitative estimate of drug-likeness (QED) is 0.917. The van der Waals surface area contributed by atoms with Crippen LogP contribution in [-0.4, -0.2) is 22.9 Å². The monoisotopic (exact) mass is 295 g/mol. The van der Waals surface area contributed by atoms with E-state index in [2.05, 4.69) is 10.1 Å². The fourth-order valence-electron chi connectivity index (χ4n) is 1.65. The van der Waals surface area contributed by atoms with Crippen molar-refractivity contribution in [2.24, 2.45) is 5.73 Å². The molecule has 0 saturated heterocycles. The first-order valence-electron chi connectivity index (χ1n) is 6.44. The fraction of sp³-hybridized carbons (Fsp3) is 0.429. The van der Waals surface area contributed by atoms with Gasteiger partial charge in [-0.15, -0.1) is 0 Å². The number of ether oxygens (including phenoxy) is 1. The van der Waals surface area contributed by atoms with Crippen molar-refractivity contribution in [3.63, 3.8) is 0 Å². The minimum atomic E-state index is -0.400. The van der Waals surface area contributed by atoms with Crippen molar-refractivity contribution < 1.29 is 9.26 Å². The Bertz CT molecular complexity index is 584. The zero-order valence-corrected chi connectivity index (χ0v) is 12.5. The molecule has 1 unspecified atom stereocenters. The Balaban J connectivity index is 2.13. The summed E-state index contributed by atoms with van der Waals surface area (Å²) in [5.74, 6) is 0.869. The second kappa shape index (κ2) is 6.35. The predicted octanol–water partition coefficient (Wildman–Crippen LogP) is 3.12. The normalized spacial score (nSPS) is 12.9. The number of hydrogen-bond acceptors (Lipinski definition) is 5. The van der Waals surface area contributed by atoms with Gasteiger partial charge in [0.2, 0.25) is 0 Å². The van der Waals surface area contributed by atoms with Gasteiger partial charge < -0.3 is 15.0 Å². The van der Waals surface area contributed by atoms with Crippen LogP contribution in [0.4, 0.5) is 0 Å². The van der Waals surface area contributed by atoms with Gasteiger partial charge in [0.25, 0.3) is 5.89 Å². The third kappa shape index (κ3) is 3.56. The predicted molar refractivity (Wildman–Crippen MR) is 77.5 cm³/mol. The molecule has 0 spiro atoms. The average molecular weight is 296 g/mol. The highest BCUT2D eigenvalue weighted by Gasteiger charge is 2.16. The smallest absolute Gasteiger partial charge is 0.257 e. The Morgan fingerprint density at radius 1 is 1.40 bits per heavy atom. The second-order valence-corrected chi connectivity index (χ2v) is 5.32. The van der Waals surface area contributed by atoms with E-state index in [0.29, 0.717) is 23.3 Å². The standard InChI is InChI=1S/C14H18ClN3O2/c1-8(2)19-7-12(16)13-17-14(20-18-13)10-4-5-11(15)9(3)6-10/h4-6,8,12H,7,16H2,1-3H3. The highest BCUT2D eigenvalue weighted by molar-refractivity contribution is 6.31. The molecule has 0 fully saturated rings. The van der Waals surface area contributed by atoms with E-state index >= 15 is 0 Å². The Kier molecular flexibility index (Phi) is 4.75. The molecule has 0 bridgehead atoms. The first-order valence-corrected chi connectivity index (χ1v) is 6.82. The summed E-state index contributed by atoms with van der Waals surface area (Å²) in [6, 6.07) is 5.14. The fourth-order valence-corrected chi connectivity index (χ4v) is 1.77. The molecular weight excluding hydrogens is 278 g/mol. The number of nitrogens with two attached hydrogens (primary N) is 1. The van der Waals surface area contributed by atoms with Crippen molar-refractivity contribution in [1.29, 1.82) is 0 Å². The minimum Gasteiger partial charge on any atom is -0.377 e. The minimum absolute atomic E-state index is 0.117. The highest BCUT2D eigenvalue weighted by Crippen LogP contribution is 2.24. The van der Waals surface area contributed by atoms with Crippen molar-refractivity contribution in [2.45, 2.75) is 32.9 Å². The van der Waals surface area contributed by atoms with Gasteiger partial charge in [0.05, 0.1) is 18.8 Å². The van der Waals surface area contributed by atoms with E-state index < -0.39 is 6.04 Å². The molecule has 0 aliphatic carbocycles. The number of halogens is 1. The van der Waals surface area contributed by atoms with E-state index in [-0.39, 0.29) is 6.10 Å². The molecule has 0 amide bonds. The molecule has 0 saturated carbocycles. The third-order valence-electron chi connectivity index (χ3n) is 2.79. The second-order valence-electron chi connectivity index (χ2n) is 4.91. The van der Waals surface area contributed by atoms with Crippen molar-refractivity contribution in [3.8, 4) is 11.5 Å². The SMILES string of the molecule is Cc1cc(-c2nc(C(N)COC(C)C)no2)ccc1Cl. The summed E-state index contributed by atoms with van der Waals surface area (Å²) in [4.78, 5) is 4.30. The van der Waals surface area contributed by atoms with Gasteiger partial charge in [0.1, 0.15) is 0 Å². The van der Waals surface area contributed by atoms with Crippen molar-refractivity contribution in [2.75, 3.05) is 6.61 Å². The Hall–Kier alpha value is -1.43. The van der Waals surface area contributed by atoms with Gasteiger partial charge in [-0.2, -0.15) is 4.98 Å². The number of rotatable bonds is 5. The van der Waals surface area contributed by atoms with E-state index in [1.807, 2.05) is 32.9 Å². The number of aryl methyl sites for hydroxylation is 1. The van der Waals surface area contributed by atoms with Gasteiger partial charge >= 0.3 is 0 Å². The lowest BCUT2D eigenvalue weighted by molar-refractivity contribution is 0.0665. The summed E-state index contributed by atoms with van der Waals surface area (Å²) >= 11 is 5.99. The summed E-state index contributed by atoms with van der Waals surface area (Å²) in [6.07, 6.45) is 0.117. The molecule has 20 heavy (non-hydrogen) atoms. The van der Waals surface area contributed by atoms with Crippen LogP contribution in [-0.2, 0) is 4.74 Å². The van der Waals surface area contributed by atoms with Crippen LogP contribution in [0.15, 0.2) is 22.7 Å². The topological polar surface area (TPSA) is 74.2 Å². The lowest BCUT2D eigenvalue weighted by Crippen LogP contribution is -2.20. The molecule has 108 valence electrons. The Labute approximate surface area is 123 Å². The maximum atomic E-state index is 5.99. The number of nitrogens with zero attached hydrogens (tertiary/aromatic N) is 2. The van der Waals surface area contributed by atoms with E-state index in [4.69, 9.17) is 26.6 Å². The van der Waals surface area contributed by atoms with E-state index in [9.17, 15) is 0 Å². The van der Waals surface area contributed by atoms with Crippen LogP contribution in [0.3, 0.4) is 0 Å². The molecule has 2 rings (SSSR count). The number of benzene rings is 1. The molecule has 1 atom stereocenters. The summed E-state index contributed by atoms with van der Waals surface area (Å²) < 4.78 is 10.7. The van der Waals surface area contributed by atoms with Crippen molar-refractivity contribution in [1.82, 2.24) is 10.1 Å². The molecule has 0 aliphatic rings. The largest absolute Gasteiger partial charge is 0.377 e. The number of aromatic nitrogens is 2. The maximum absolute atomic E-state index is 5.99. The zero-order valence-electron chi connectivity index (χ0n) is 11.8. The highest BCUT2D eigenvalue weighted by atomic mass is 35.5. The van der Waals surface area contributed by atoms with Gasteiger partial charge in [0, 0.05) is 10.6 Å². The van der Waals surface area contributed by atoms with Crippen LogP contribution in [0.2, 0.25) is 5.02 Å². The maximum Gasteiger partial charge on any atom is 0.257 e. The van der Waals surface area contributed by atoms with Gasteiger partial charge in [-0.3, -0.25) is 0 Å². The van der Waals surface area contributed by atoms with Crippen molar-refractivity contribution >= 4 is 11.6 Å². The Morgan fingerprint density at radius 3 is 2.80 bits per heavy atom. The van der Waals surface area contributed by atoms with E-state index in [1.54, 1.807) is 6.07 Å². The van der Waals surface area contributed by atoms with Gasteiger partial charge in [0.15, 0.2) is 5.82 Å². The molecule has 1 aromatic carbocycles. The molecule has 6 heteroatoms. The van der Waals surface area contributed by atoms with Crippen LogP contribution in [0.1, 0.15) is 31.3 Å². The van der Waals surface area contributed by atoms with Gasteiger partial charge in [-0.25, -0.2) is 0 Å². The first kappa shape index (κ1) is 15.0. The lowest BCUT2D eigenvalue weighted by atomic mass is 10.1. The summed E-state index contributed by atoms with van der Waals surface area (Å²) in [7, 11) is 0.